The van der Waals surface area contributed by atoms with Gasteiger partial charge in [0.2, 0.25) is 5.91 Å². The number of nitrogen functional groups attached to an aromatic ring is 1. The summed E-state index contributed by atoms with van der Waals surface area (Å²) in [6.45, 7) is 0.182. The molecule has 108 valence electrons. The number of fused-ring (bicyclic) bond motifs is 1. The summed E-state index contributed by atoms with van der Waals surface area (Å²) in [7, 11) is 0. The molecule has 1 aliphatic heterocycles. The van der Waals surface area contributed by atoms with Crippen LogP contribution >= 0.6 is 0 Å². The Morgan fingerprint density at radius 2 is 1.76 bits per heavy atom. The van der Waals surface area contributed by atoms with Crippen LogP contribution in [-0.2, 0) is 17.8 Å². The summed E-state index contributed by atoms with van der Waals surface area (Å²) in [6.07, 6.45) is 0.826. The Morgan fingerprint density at radius 1 is 1.05 bits per heavy atom. The number of nitrogens with two attached hydrogens (primary N) is 1. The highest BCUT2D eigenvalue weighted by Crippen LogP contribution is 2.30. The fraction of sp³-hybridized carbons (Fsp3) is 0.188. The molecule has 0 aliphatic carbocycles. The minimum Gasteiger partial charge on any atom is -0.398 e. The highest BCUT2D eigenvalue weighted by Gasteiger charge is 2.25. The van der Waals surface area contributed by atoms with Crippen molar-refractivity contribution in [2.24, 2.45) is 0 Å². The number of amides is 1. The van der Waals surface area contributed by atoms with Crippen LogP contribution in [-0.4, -0.2) is 5.91 Å². The number of halogens is 2. The van der Waals surface area contributed by atoms with Gasteiger partial charge in [0.1, 0.15) is 11.6 Å². The van der Waals surface area contributed by atoms with Gasteiger partial charge in [0, 0.05) is 17.8 Å². The zero-order valence-corrected chi connectivity index (χ0v) is 11.3. The van der Waals surface area contributed by atoms with Crippen molar-refractivity contribution >= 4 is 17.3 Å². The third-order valence-corrected chi connectivity index (χ3v) is 3.68. The fourth-order valence-electron chi connectivity index (χ4n) is 2.58. The number of nitrogens with zero attached hydrogens (tertiary/aromatic N) is 1. The molecule has 2 N–H and O–H groups in total. The van der Waals surface area contributed by atoms with Gasteiger partial charge in [-0.1, -0.05) is 0 Å². The average molecular weight is 288 g/mol. The lowest BCUT2D eigenvalue weighted by Gasteiger charge is -2.30. The van der Waals surface area contributed by atoms with Gasteiger partial charge in [0.05, 0.1) is 6.54 Å². The monoisotopic (exact) mass is 288 g/mol. The van der Waals surface area contributed by atoms with E-state index in [4.69, 9.17) is 5.73 Å². The van der Waals surface area contributed by atoms with Crippen molar-refractivity contribution in [3.8, 4) is 0 Å². The Hall–Kier alpha value is -2.43. The fourth-order valence-corrected chi connectivity index (χ4v) is 2.58. The van der Waals surface area contributed by atoms with Crippen LogP contribution in [0, 0.1) is 11.6 Å². The molecule has 0 radical (unpaired) electrons. The molecule has 3 nitrogen and oxygen atoms in total. The second kappa shape index (κ2) is 5.16. The van der Waals surface area contributed by atoms with Gasteiger partial charge in [-0.25, -0.2) is 8.78 Å². The van der Waals surface area contributed by atoms with E-state index in [-0.39, 0.29) is 18.3 Å². The molecule has 0 saturated carbocycles. The average Bonchev–Trinajstić information content (AvgIpc) is 2.45. The normalized spacial score (nSPS) is 14.2. The van der Waals surface area contributed by atoms with E-state index in [1.165, 1.54) is 35.2 Å². The Balaban J connectivity index is 1.98. The van der Waals surface area contributed by atoms with E-state index >= 15 is 0 Å². The zero-order valence-electron chi connectivity index (χ0n) is 11.3. The lowest BCUT2D eigenvalue weighted by molar-refractivity contribution is -0.119. The molecular weight excluding hydrogens is 274 g/mol. The molecule has 0 spiro atoms. The Kier molecular flexibility index (Phi) is 3.33. The maximum atomic E-state index is 13.3. The number of hydrogen-bond acceptors (Lipinski definition) is 2. The van der Waals surface area contributed by atoms with Crippen LogP contribution in [0.25, 0.3) is 0 Å². The van der Waals surface area contributed by atoms with Gasteiger partial charge < -0.3 is 10.6 Å². The molecule has 2 aromatic rings. The van der Waals surface area contributed by atoms with E-state index < -0.39 is 5.82 Å². The number of benzene rings is 2. The summed E-state index contributed by atoms with van der Waals surface area (Å²) < 4.78 is 26.6. The van der Waals surface area contributed by atoms with Crippen molar-refractivity contribution in [3.05, 3.63) is 59.2 Å². The van der Waals surface area contributed by atoms with Crippen molar-refractivity contribution in [1.82, 2.24) is 0 Å². The molecule has 0 saturated heterocycles. The topological polar surface area (TPSA) is 46.3 Å². The summed E-state index contributed by atoms with van der Waals surface area (Å²) in [5.74, 6) is -0.797. The van der Waals surface area contributed by atoms with Crippen LogP contribution in [0.15, 0.2) is 36.4 Å². The predicted molar refractivity (Wildman–Crippen MR) is 76.7 cm³/mol. The number of rotatable bonds is 2. The van der Waals surface area contributed by atoms with E-state index in [1.807, 2.05) is 0 Å². The summed E-state index contributed by atoms with van der Waals surface area (Å²) >= 11 is 0. The van der Waals surface area contributed by atoms with Crippen LogP contribution in [0.3, 0.4) is 0 Å². The highest BCUT2D eigenvalue weighted by molar-refractivity contribution is 5.96. The molecule has 1 heterocycles. The van der Waals surface area contributed by atoms with Gasteiger partial charge in [-0.15, -0.1) is 0 Å². The van der Waals surface area contributed by atoms with Crippen molar-refractivity contribution < 1.29 is 13.6 Å². The second-order valence-electron chi connectivity index (χ2n) is 5.10. The SMILES string of the molecule is Nc1ccc(F)cc1CN1C(=O)CCc2cc(F)ccc21. The smallest absolute Gasteiger partial charge is 0.227 e. The maximum absolute atomic E-state index is 13.3. The third-order valence-electron chi connectivity index (χ3n) is 3.68. The molecule has 0 bridgehead atoms. The summed E-state index contributed by atoms with van der Waals surface area (Å²) in [6, 6.07) is 8.41. The van der Waals surface area contributed by atoms with Crippen LogP contribution in [0.2, 0.25) is 0 Å². The number of carbonyl (C=O) groups excluding carboxylic acids is 1. The van der Waals surface area contributed by atoms with E-state index in [1.54, 1.807) is 6.07 Å². The van der Waals surface area contributed by atoms with Gasteiger partial charge >= 0.3 is 0 Å². The molecule has 1 aliphatic rings. The maximum Gasteiger partial charge on any atom is 0.227 e. The molecular formula is C16H14F2N2O. The first-order valence-corrected chi connectivity index (χ1v) is 6.67. The van der Waals surface area contributed by atoms with Crippen molar-refractivity contribution in [2.45, 2.75) is 19.4 Å². The van der Waals surface area contributed by atoms with Gasteiger partial charge in [0.15, 0.2) is 0 Å². The zero-order chi connectivity index (χ0) is 15.0. The van der Waals surface area contributed by atoms with E-state index in [0.717, 1.165) is 5.56 Å². The molecule has 1 amide bonds. The summed E-state index contributed by atoms with van der Waals surface area (Å²) in [4.78, 5) is 13.7. The lowest BCUT2D eigenvalue weighted by atomic mass is 10.00. The highest BCUT2D eigenvalue weighted by atomic mass is 19.1. The molecule has 5 heteroatoms. The minimum atomic E-state index is -0.400. The van der Waals surface area contributed by atoms with Crippen LogP contribution in [0.1, 0.15) is 17.5 Å². The quantitative estimate of drug-likeness (QED) is 0.863. The molecule has 0 atom stereocenters. The first kappa shape index (κ1) is 13.5. The number of carbonyl (C=O) groups is 1. The largest absolute Gasteiger partial charge is 0.398 e. The van der Waals surface area contributed by atoms with Crippen molar-refractivity contribution in [2.75, 3.05) is 10.6 Å². The molecule has 0 unspecified atom stereocenters. The Morgan fingerprint density at radius 3 is 2.57 bits per heavy atom. The van der Waals surface area contributed by atoms with Crippen molar-refractivity contribution in [3.63, 3.8) is 0 Å². The lowest BCUT2D eigenvalue weighted by Crippen LogP contribution is -2.34. The first-order chi connectivity index (χ1) is 10.0. The van der Waals surface area contributed by atoms with E-state index in [9.17, 15) is 13.6 Å². The predicted octanol–water partition coefficient (Wildman–Crippen LogP) is 3.03. The van der Waals surface area contributed by atoms with Gasteiger partial charge in [0.25, 0.3) is 0 Å². The summed E-state index contributed by atoms with van der Waals surface area (Å²) in [5, 5.41) is 0. The Bertz CT molecular complexity index is 715. The Labute approximate surface area is 121 Å². The van der Waals surface area contributed by atoms with E-state index in [2.05, 4.69) is 0 Å². The minimum absolute atomic E-state index is 0.0715. The van der Waals surface area contributed by atoms with Crippen LogP contribution in [0.4, 0.5) is 20.2 Å². The molecule has 0 fully saturated rings. The molecule has 2 aromatic carbocycles. The standard InChI is InChI=1S/C16H14F2N2O/c17-12-2-4-14(19)11(8-12)9-20-15-5-3-13(18)7-10(15)1-6-16(20)21/h2-5,7-8H,1,6,9,19H2. The second-order valence-corrected chi connectivity index (χ2v) is 5.10. The van der Waals surface area contributed by atoms with Crippen LogP contribution < -0.4 is 10.6 Å². The summed E-state index contributed by atoms with van der Waals surface area (Å²) in [5.41, 5.74) is 8.25. The molecule has 0 aromatic heterocycles. The first-order valence-electron chi connectivity index (χ1n) is 6.67. The molecule has 3 rings (SSSR count). The third kappa shape index (κ3) is 2.59. The van der Waals surface area contributed by atoms with Gasteiger partial charge in [-0.05, 0) is 53.9 Å². The van der Waals surface area contributed by atoms with Gasteiger partial charge in [-0.3, -0.25) is 4.79 Å². The molecule has 21 heavy (non-hydrogen) atoms. The van der Waals surface area contributed by atoms with E-state index in [0.29, 0.717) is 29.8 Å². The number of anilines is 2. The number of hydrogen-bond donors (Lipinski definition) is 1. The number of aryl methyl sites for hydroxylation is 1. The van der Waals surface area contributed by atoms with Crippen molar-refractivity contribution in [1.29, 1.82) is 0 Å². The van der Waals surface area contributed by atoms with Gasteiger partial charge in [-0.2, -0.15) is 0 Å². The van der Waals surface area contributed by atoms with Crippen LogP contribution in [0.5, 0.6) is 0 Å².